The third kappa shape index (κ3) is 2.55. The molecule has 0 radical (unpaired) electrons. The highest BCUT2D eigenvalue weighted by atomic mass is 15.0. The first kappa shape index (κ1) is 13.1. The average Bonchev–Trinajstić information content (AvgIpc) is 2.25. The van der Waals surface area contributed by atoms with Gasteiger partial charge in [0.2, 0.25) is 0 Å². The van der Waals surface area contributed by atoms with Crippen LogP contribution in [0.2, 0.25) is 0 Å². The molecule has 0 spiro atoms. The summed E-state index contributed by atoms with van der Waals surface area (Å²) in [6, 6.07) is 8.98. The van der Waals surface area contributed by atoms with E-state index in [0.717, 1.165) is 0 Å². The van der Waals surface area contributed by atoms with Crippen molar-refractivity contribution in [3.05, 3.63) is 42.2 Å². The largest absolute Gasteiger partial charge is 0.200 e. The smallest absolute Gasteiger partial charge is 0.177 e. The lowest BCUT2D eigenvalue weighted by molar-refractivity contribution is -0.752. The van der Waals surface area contributed by atoms with Crippen LogP contribution in [0.4, 0.5) is 0 Å². The molecule has 0 N–H and O–H groups in total. The summed E-state index contributed by atoms with van der Waals surface area (Å²) in [5.41, 5.74) is 1.73. The lowest BCUT2D eigenvalue weighted by Gasteiger charge is -2.19. The molecule has 1 aromatic carbocycles. The Labute approximate surface area is 110 Å². The summed E-state index contributed by atoms with van der Waals surface area (Å²) in [6.07, 6.45) is 4.42. The lowest BCUT2D eigenvalue weighted by atomic mass is 9.86. The molecule has 0 amide bonds. The molecule has 1 heteroatoms. The highest BCUT2D eigenvalue weighted by Gasteiger charge is 2.21. The highest BCUT2D eigenvalue weighted by molar-refractivity contribution is 5.81. The second kappa shape index (κ2) is 4.08. The molecule has 0 aliphatic heterocycles. The van der Waals surface area contributed by atoms with E-state index in [-0.39, 0.29) is 11.0 Å². The third-order valence-corrected chi connectivity index (χ3v) is 3.42. The van der Waals surface area contributed by atoms with Crippen LogP contribution in [0.15, 0.2) is 36.7 Å². The Hall–Kier alpha value is -1.37. The van der Waals surface area contributed by atoms with Crippen molar-refractivity contribution in [2.24, 2.45) is 0 Å². The summed E-state index contributed by atoms with van der Waals surface area (Å²) < 4.78 is 2.28. The average molecular weight is 242 g/mol. The summed E-state index contributed by atoms with van der Waals surface area (Å²) in [7, 11) is 0. The Balaban J connectivity index is 2.61. The minimum Gasteiger partial charge on any atom is -0.200 e. The fourth-order valence-corrected chi connectivity index (χ4v) is 2.08. The zero-order chi connectivity index (χ0) is 13.6. The number of pyridine rings is 1. The van der Waals surface area contributed by atoms with E-state index >= 15 is 0 Å². The number of aromatic nitrogens is 1. The van der Waals surface area contributed by atoms with Gasteiger partial charge in [0.1, 0.15) is 0 Å². The van der Waals surface area contributed by atoms with Gasteiger partial charge in [-0.1, -0.05) is 32.9 Å². The van der Waals surface area contributed by atoms with Gasteiger partial charge in [0.25, 0.3) is 0 Å². The molecule has 1 aromatic heterocycles. The van der Waals surface area contributed by atoms with Gasteiger partial charge in [0.05, 0.1) is 0 Å². The Morgan fingerprint density at radius 3 is 2.06 bits per heavy atom. The van der Waals surface area contributed by atoms with Crippen LogP contribution >= 0.6 is 0 Å². The second-order valence-corrected chi connectivity index (χ2v) is 7.12. The molecule has 0 aliphatic rings. The first-order valence-corrected chi connectivity index (χ1v) is 6.64. The minimum atomic E-state index is 0.131. The standard InChI is InChI=1S/C17H24N/c1-16(2,3)15-8-7-13-9-10-18(17(4,5)6)12-14(13)11-15/h7-12H,1-6H3/q+1. The predicted molar refractivity (Wildman–Crippen MR) is 77.8 cm³/mol. The molecule has 0 saturated heterocycles. The zero-order valence-corrected chi connectivity index (χ0v) is 12.4. The van der Waals surface area contributed by atoms with Gasteiger partial charge in [-0.2, -0.15) is 0 Å². The molecule has 0 bridgehead atoms. The molecule has 96 valence electrons. The Morgan fingerprint density at radius 2 is 1.50 bits per heavy atom. The van der Waals surface area contributed by atoms with Crippen molar-refractivity contribution in [1.82, 2.24) is 0 Å². The SMILES string of the molecule is CC(C)(C)c1ccc2cc[n+](C(C)(C)C)cc2c1. The molecule has 18 heavy (non-hydrogen) atoms. The fraction of sp³-hybridized carbons (Fsp3) is 0.471. The monoisotopic (exact) mass is 242 g/mol. The van der Waals surface area contributed by atoms with Gasteiger partial charge < -0.3 is 0 Å². The molecule has 1 heterocycles. The summed E-state index contributed by atoms with van der Waals surface area (Å²) in [6.45, 7) is 13.5. The van der Waals surface area contributed by atoms with Gasteiger partial charge in [0, 0.05) is 32.2 Å². The summed E-state index contributed by atoms with van der Waals surface area (Å²) >= 11 is 0. The van der Waals surface area contributed by atoms with Gasteiger partial charge in [-0.25, -0.2) is 4.57 Å². The third-order valence-electron chi connectivity index (χ3n) is 3.42. The first-order chi connectivity index (χ1) is 8.18. The van der Waals surface area contributed by atoms with E-state index in [2.05, 4.69) is 82.8 Å². The van der Waals surface area contributed by atoms with Gasteiger partial charge in [-0.15, -0.1) is 0 Å². The van der Waals surface area contributed by atoms with Crippen LogP contribution in [-0.2, 0) is 11.0 Å². The van der Waals surface area contributed by atoms with E-state index < -0.39 is 0 Å². The van der Waals surface area contributed by atoms with Crippen molar-refractivity contribution in [3.63, 3.8) is 0 Å². The van der Waals surface area contributed by atoms with Crippen LogP contribution in [0, 0.1) is 0 Å². The lowest BCUT2D eigenvalue weighted by Crippen LogP contribution is -2.49. The van der Waals surface area contributed by atoms with Crippen LogP contribution in [0.1, 0.15) is 47.1 Å². The number of hydrogen-bond acceptors (Lipinski definition) is 0. The maximum absolute atomic E-state index is 2.32. The number of fused-ring (bicyclic) bond motifs is 1. The van der Waals surface area contributed by atoms with Crippen LogP contribution in [0.3, 0.4) is 0 Å². The van der Waals surface area contributed by atoms with Crippen LogP contribution < -0.4 is 4.57 Å². The molecule has 0 aliphatic carbocycles. The van der Waals surface area contributed by atoms with Crippen molar-refractivity contribution < 1.29 is 4.57 Å². The molecule has 1 nitrogen and oxygen atoms in total. The number of benzene rings is 1. The highest BCUT2D eigenvalue weighted by Crippen LogP contribution is 2.25. The number of nitrogens with zero attached hydrogens (tertiary/aromatic N) is 1. The van der Waals surface area contributed by atoms with Gasteiger partial charge in [-0.05, 0) is 22.4 Å². The molecule has 0 saturated carbocycles. The van der Waals surface area contributed by atoms with Gasteiger partial charge in [-0.3, -0.25) is 0 Å². The molecular weight excluding hydrogens is 218 g/mol. The topological polar surface area (TPSA) is 3.88 Å². The Kier molecular flexibility index (Phi) is 2.96. The summed E-state index contributed by atoms with van der Waals surface area (Å²) in [5, 5.41) is 2.63. The van der Waals surface area contributed by atoms with Crippen molar-refractivity contribution >= 4 is 10.8 Å². The summed E-state index contributed by atoms with van der Waals surface area (Å²) in [4.78, 5) is 0. The van der Waals surface area contributed by atoms with E-state index in [4.69, 9.17) is 0 Å². The molecular formula is C17H24N+. The predicted octanol–water partition coefficient (Wildman–Crippen LogP) is 4.18. The first-order valence-electron chi connectivity index (χ1n) is 6.64. The number of rotatable bonds is 0. The quantitative estimate of drug-likeness (QED) is 0.610. The van der Waals surface area contributed by atoms with Crippen molar-refractivity contribution in [3.8, 4) is 0 Å². The molecule has 2 rings (SSSR count). The molecule has 0 atom stereocenters. The van der Waals surface area contributed by atoms with E-state index in [0.29, 0.717) is 0 Å². The Morgan fingerprint density at radius 1 is 0.833 bits per heavy atom. The second-order valence-electron chi connectivity index (χ2n) is 7.12. The van der Waals surface area contributed by atoms with Crippen molar-refractivity contribution in [2.45, 2.75) is 52.5 Å². The van der Waals surface area contributed by atoms with E-state index in [1.807, 2.05) is 0 Å². The zero-order valence-electron chi connectivity index (χ0n) is 12.4. The van der Waals surface area contributed by atoms with Crippen LogP contribution in [-0.4, -0.2) is 0 Å². The van der Waals surface area contributed by atoms with E-state index in [1.54, 1.807) is 0 Å². The Bertz CT molecular complexity index is 519. The molecule has 0 fully saturated rings. The normalized spacial score (nSPS) is 13.0. The van der Waals surface area contributed by atoms with Gasteiger partial charge >= 0.3 is 0 Å². The summed E-state index contributed by atoms with van der Waals surface area (Å²) in [5.74, 6) is 0. The molecule has 0 unspecified atom stereocenters. The maximum atomic E-state index is 2.32. The van der Waals surface area contributed by atoms with E-state index in [1.165, 1.54) is 16.3 Å². The number of hydrogen-bond donors (Lipinski definition) is 0. The van der Waals surface area contributed by atoms with Crippen molar-refractivity contribution in [1.29, 1.82) is 0 Å². The fourth-order valence-electron chi connectivity index (χ4n) is 2.08. The van der Waals surface area contributed by atoms with Crippen LogP contribution in [0.25, 0.3) is 10.8 Å². The van der Waals surface area contributed by atoms with Crippen LogP contribution in [0.5, 0.6) is 0 Å². The molecule has 2 aromatic rings. The maximum Gasteiger partial charge on any atom is 0.177 e. The minimum absolute atomic E-state index is 0.131. The van der Waals surface area contributed by atoms with Gasteiger partial charge in [0.15, 0.2) is 17.9 Å². The van der Waals surface area contributed by atoms with E-state index in [9.17, 15) is 0 Å². The van der Waals surface area contributed by atoms with Crippen molar-refractivity contribution in [2.75, 3.05) is 0 Å².